The summed E-state index contributed by atoms with van der Waals surface area (Å²) in [6, 6.07) is 19.1. The summed E-state index contributed by atoms with van der Waals surface area (Å²) >= 11 is 0. The van der Waals surface area contributed by atoms with Crippen LogP contribution in [-0.2, 0) is 46.6 Å². The number of carbonyl (C=O) groups is 2. The van der Waals surface area contributed by atoms with Gasteiger partial charge in [0.15, 0.2) is 0 Å². The van der Waals surface area contributed by atoms with Crippen molar-refractivity contribution in [3.63, 3.8) is 0 Å². The number of hydrogen-bond donors (Lipinski definition) is 2. The Bertz CT molecular complexity index is 2240. The number of alkyl halides is 10. The first-order valence-corrected chi connectivity index (χ1v) is 16.9. The monoisotopic (exact) mass is 790 g/mol. The predicted octanol–water partition coefficient (Wildman–Crippen LogP) is 11.7. The molecule has 56 heavy (non-hydrogen) atoms. The van der Waals surface area contributed by atoms with Gasteiger partial charge in [-0.2, -0.15) is 43.9 Å². The maximum absolute atomic E-state index is 14.8. The highest BCUT2D eigenvalue weighted by Crippen LogP contribution is 2.41. The highest BCUT2D eigenvalue weighted by atomic mass is 19.4. The van der Waals surface area contributed by atoms with Crippen LogP contribution in [0.25, 0.3) is 22.3 Å². The molecule has 4 nitrogen and oxygen atoms in total. The second-order valence-corrected chi connectivity index (χ2v) is 13.1. The number of carbonyl (C=O) groups excluding carboxylic acids is 2. The van der Waals surface area contributed by atoms with Gasteiger partial charge in [-0.1, -0.05) is 73.7 Å². The minimum Gasteiger partial charge on any atom is -0.399 e. The van der Waals surface area contributed by atoms with Gasteiger partial charge < -0.3 is 11.5 Å². The van der Waals surface area contributed by atoms with Gasteiger partial charge in [0.2, 0.25) is 11.6 Å². The molecule has 0 atom stereocenters. The summed E-state index contributed by atoms with van der Waals surface area (Å²) in [5, 5.41) is 0. The highest BCUT2D eigenvalue weighted by Gasteiger charge is 2.43. The van der Waals surface area contributed by atoms with Gasteiger partial charge in [0.25, 0.3) is 0 Å². The van der Waals surface area contributed by atoms with Crippen molar-refractivity contribution in [3.8, 4) is 22.3 Å². The van der Waals surface area contributed by atoms with Crippen molar-refractivity contribution < 1.29 is 53.5 Å². The molecule has 0 bridgehead atoms. The van der Waals surface area contributed by atoms with Gasteiger partial charge in [-0.05, 0) is 95.1 Å². The SMILES string of the molecule is CCc1ccc(-c2ccc(CC(=O)C(F)(F)c3ccc(C(F)(F)C(C)=O)cc3)cc2C(F)(F)F)c(C)c1.Cc1cc(N)ccc1-c1ccc(N)cc1C(F)(F)F. The van der Waals surface area contributed by atoms with E-state index in [1.807, 2.05) is 6.92 Å². The average Bonchev–Trinajstić information content (AvgIpc) is 3.11. The van der Waals surface area contributed by atoms with Crippen LogP contribution in [0.1, 0.15) is 58.4 Å². The molecule has 5 aromatic carbocycles. The molecule has 5 rings (SSSR count). The van der Waals surface area contributed by atoms with E-state index in [0.29, 0.717) is 71.6 Å². The molecule has 296 valence electrons. The van der Waals surface area contributed by atoms with Gasteiger partial charge >= 0.3 is 24.2 Å². The number of nitrogen functional groups attached to an aromatic ring is 2. The molecule has 4 N–H and O–H groups in total. The fraction of sp³-hybridized carbons (Fsp3) is 0.238. The van der Waals surface area contributed by atoms with E-state index in [9.17, 15) is 53.5 Å². The van der Waals surface area contributed by atoms with Crippen molar-refractivity contribution in [2.24, 2.45) is 0 Å². The molecule has 0 radical (unpaired) electrons. The molecule has 0 aliphatic heterocycles. The van der Waals surface area contributed by atoms with Crippen LogP contribution in [0.5, 0.6) is 0 Å². The van der Waals surface area contributed by atoms with Crippen molar-refractivity contribution in [2.75, 3.05) is 11.5 Å². The molecule has 14 heteroatoms. The Morgan fingerprint density at radius 3 is 1.39 bits per heavy atom. The van der Waals surface area contributed by atoms with Crippen molar-refractivity contribution in [1.82, 2.24) is 0 Å². The molecule has 0 fully saturated rings. The number of hydrogen-bond acceptors (Lipinski definition) is 4. The Balaban J connectivity index is 0.000000306. The summed E-state index contributed by atoms with van der Waals surface area (Å²) in [4.78, 5) is 23.5. The number of aryl methyl sites for hydroxylation is 3. The van der Waals surface area contributed by atoms with Crippen molar-refractivity contribution in [3.05, 3.63) is 142 Å². The second-order valence-electron chi connectivity index (χ2n) is 13.1. The number of benzene rings is 5. The van der Waals surface area contributed by atoms with E-state index in [0.717, 1.165) is 17.7 Å². The van der Waals surface area contributed by atoms with E-state index in [2.05, 4.69) is 0 Å². The average molecular weight is 791 g/mol. The van der Waals surface area contributed by atoms with Crippen molar-refractivity contribution in [2.45, 2.75) is 64.7 Å². The number of rotatable bonds is 9. The molecule has 0 unspecified atom stereocenters. The Hall–Kier alpha value is -5.66. The quantitative estimate of drug-likeness (QED) is 0.115. The van der Waals surface area contributed by atoms with Crippen LogP contribution in [0, 0.1) is 13.8 Å². The molecular formula is C42H36F10N2O2. The van der Waals surface area contributed by atoms with Gasteiger partial charge in [-0.25, -0.2) is 0 Å². The Morgan fingerprint density at radius 1 is 0.518 bits per heavy atom. The minimum atomic E-state index is -4.81. The van der Waals surface area contributed by atoms with E-state index in [4.69, 9.17) is 11.5 Å². The molecule has 0 saturated heterocycles. The maximum atomic E-state index is 14.8. The van der Waals surface area contributed by atoms with Crippen LogP contribution < -0.4 is 11.5 Å². The fourth-order valence-corrected chi connectivity index (χ4v) is 5.99. The summed E-state index contributed by atoms with van der Waals surface area (Å²) < 4.78 is 138. The summed E-state index contributed by atoms with van der Waals surface area (Å²) in [7, 11) is 0. The topological polar surface area (TPSA) is 86.2 Å². The van der Waals surface area contributed by atoms with E-state index in [1.54, 1.807) is 50.2 Å². The molecule has 5 aromatic rings. The standard InChI is InChI=1S/C28H23F7O2.C14H13F3N2/c1-4-18-5-11-22(16(2)13-18)23-12-6-19(14-24(23)28(33,34)35)15-25(37)27(31,32)21-9-7-20(8-10-21)26(29,30)17(3)36;1-8-6-9(18)2-4-11(8)12-5-3-10(19)7-13(12)14(15,16)17/h5-14H,4,15H2,1-3H3;2-7H,18-19H2,1H3. The fourth-order valence-electron chi connectivity index (χ4n) is 5.99. The molecule has 0 spiro atoms. The molecular weight excluding hydrogens is 754 g/mol. The lowest BCUT2D eigenvalue weighted by Crippen LogP contribution is -2.28. The van der Waals surface area contributed by atoms with E-state index in [1.165, 1.54) is 18.2 Å². The van der Waals surface area contributed by atoms with E-state index >= 15 is 0 Å². The van der Waals surface area contributed by atoms with Crippen molar-refractivity contribution in [1.29, 1.82) is 0 Å². The second kappa shape index (κ2) is 16.2. The van der Waals surface area contributed by atoms with Gasteiger partial charge in [-0.3, -0.25) is 9.59 Å². The molecule has 0 aliphatic rings. The Labute approximate surface area is 316 Å². The summed E-state index contributed by atoms with van der Waals surface area (Å²) in [5.41, 5.74) is 10.9. The van der Waals surface area contributed by atoms with Gasteiger partial charge in [0.1, 0.15) is 0 Å². The third kappa shape index (κ3) is 9.58. The molecule has 0 aliphatic carbocycles. The normalized spacial score (nSPS) is 12.2. The number of halogens is 10. The first kappa shape index (κ1) is 43.1. The minimum absolute atomic E-state index is 0.0872. The number of nitrogens with two attached hydrogens (primary N) is 2. The van der Waals surface area contributed by atoms with Crippen LogP contribution in [0.15, 0.2) is 97.1 Å². The van der Waals surface area contributed by atoms with Gasteiger partial charge in [0, 0.05) is 35.8 Å². The zero-order valence-electron chi connectivity index (χ0n) is 30.4. The van der Waals surface area contributed by atoms with Gasteiger partial charge in [0.05, 0.1) is 11.1 Å². The molecule has 0 saturated carbocycles. The van der Waals surface area contributed by atoms with Crippen LogP contribution in [0.4, 0.5) is 55.3 Å². The third-order valence-electron chi connectivity index (χ3n) is 9.04. The summed E-state index contributed by atoms with van der Waals surface area (Å²) in [5.74, 6) is -11.2. The molecule has 0 heterocycles. The van der Waals surface area contributed by atoms with Crippen LogP contribution >= 0.6 is 0 Å². The smallest absolute Gasteiger partial charge is 0.399 e. The van der Waals surface area contributed by atoms with Crippen LogP contribution in [0.3, 0.4) is 0 Å². The van der Waals surface area contributed by atoms with E-state index in [-0.39, 0.29) is 22.4 Å². The zero-order valence-corrected chi connectivity index (χ0v) is 30.4. The Kier molecular flexibility index (Phi) is 12.5. The lowest BCUT2D eigenvalue weighted by molar-refractivity contribution is -0.144. The van der Waals surface area contributed by atoms with E-state index < -0.39 is 64.4 Å². The molecule has 0 aromatic heterocycles. The number of Topliss-reactive ketones (excluding diaryl/α,β-unsaturated/α-hetero) is 2. The third-order valence-corrected chi connectivity index (χ3v) is 9.04. The van der Waals surface area contributed by atoms with Crippen molar-refractivity contribution >= 4 is 22.9 Å². The highest BCUT2D eigenvalue weighted by molar-refractivity contribution is 5.89. The maximum Gasteiger partial charge on any atom is 0.417 e. The summed E-state index contributed by atoms with van der Waals surface area (Å²) in [6.45, 7) is 5.95. The van der Waals surface area contributed by atoms with Crippen LogP contribution in [0.2, 0.25) is 0 Å². The Morgan fingerprint density at radius 2 is 0.929 bits per heavy atom. The predicted molar refractivity (Wildman–Crippen MR) is 195 cm³/mol. The molecule has 0 amide bonds. The first-order chi connectivity index (χ1) is 25.9. The summed E-state index contributed by atoms with van der Waals surface area (Å²) in [6.07, 6.45) is -9.58. The largest absolute Gasteiger partial charge is 0.417 e. The first-order valence-electron chi connectivity index (χ1n) is 16.9. The van der Waals surface area contributed by atoms with Crippen LogP contribution in [-0.4, -0.2) is 11.6 Å². The number of anilines is 2. The zero-order chi connectivity index (χ0) is 42.0. The lowest BCUT2D eigenvalue weighted by atomic mass is 9.91. The number of ketones is 2. The lowest BCUT2D eigenvalue weighted by Gasteiger charge is -2.19. The van der Waals surface area contributed by atoms with Gasteiger partial charge in [-0.15, -0.1) is 0 Å².